The van der Waals surface area contributed by atoms with Gasteiger partial charge in [0.05, 0.1) is 15.5 Å². The van der Waals surface area contributed by atoms with Crippen molar-refractivity contribution in [3.8, 4) is 0 Å². The summed E-state index contributed by atoms with van der Waals surface area (Å²) in [6, 6.07) is 13.6. The second-order valence-corrected chi connectivity index (χ2v) is 6.83. The van der Waals surface area contributed by atoms with Crippen LogP contribution >= 0.6 is 24.0 Å². The lowest BCUT2D eigenvalue weighted by atomic mass is 10.1. The quantitative estimate of drug-likeness (QED) is 0.355. The Labute approximate surface area is 148 Å². The molecule has 120 valence electrons. The van der Waals surface area contributed by atoms with Crippen molar-refractivity contribution in [3.05, 3.63) is 74.7 Å². The molecule has 0 saturated carbocycles. The molecule has 24 heavy (non-hydrogen) atoms. The van der Waals surface area contributed by atoms with E-state index in [-0.39, 0.29) is 11.6 Å². The lowest BCUT2D eigenvalue weighted by Crippen LogP contribution is -2.27. The van der Waals surface area contributed by atoms with Crippen molar-refractivity contribution < 1.29 is 9.72 Å². The van der Waals surface area contributed by atoms with Crippen LogP contribution in [0.25, 0.3) is 6.08 Å². The van der Waals surface area contributed by atoms with Crippen LogP contribution in [-0.4, -0.2) is 15.2 Å². The Balaban J connectivity index is 1.97. The maximum absolute atomic E-state index is 12.7. The second kappa shape index (κ2) is 6.54. The molecule has 0 N–H and O–H groups in total. The number of benzene rings is 2. The lowest BCUT2D eigenvalue weighted by Gasteiger charge is -2.14. The normalized spacial score (nSPS) is 16.0. The van der Waals surface area contributed by atoms with Gasteiger partial charge in [-0.25, -0.2) is 0 Å². The number of hydrogen-bond donors (Lipinski definition) is 0. The highest BCUT2D eigenvalue weighted by Gasteiger charge is 2.33. The number of carbonyl (C=O) groups excluding carboxylic acids is 1. The van der Waals surface area contributed by atoms with Crippen LogP contribution in [0, 0.1) is 17.0 Å². The van der Waals surface area contributed by atoms with E-state index in [0.29, 0.717) is 14.9 Å². The molecule has 5 nitrogen and oxygen atoms in total. The number of thioether (sulfide) groups is 1. The van der Waals surface area contributed by atoms with Crippen LogP contribution in [0.2, 0.25) is 0 Å². The molecule has 1 aliphatic heterocycles. The average molecular weight is 356 g/mol. The number of hydrogen-bond acceptors (Lipinski definition) is 5. The van der Waals surface area contributed by atoms with Gasteiger partial charge in [0.15, 0.2) is 4.32 Å². The topological polar surface area (TPSA) is 63.4 Å². The largest absolute Gasteiger partial charge is 0.271 e. The van der Waals surface area contributed by atoms with E-state index < -0.39 is 4.92 Å². The molecule has 1 heterocycles. The summed E-state index contributed by atoms with van der Waals surface area (Å²) in [7, 11) is 0. The van der Waals surface area contributed by atoms with Crippen LogP contribution in [0.4, 0.5) is 11.4 Å². The molecule has 0 aliphatic carbocycles. The zero-order chi connectivity index (χ0) is 17.3. The number of aryl methyl sites for hydroxylation is 1. The van der Waals surface area contributed by atoms with E-state index in [2.05, 4.69) is 0 Å². The van der Waals surface area contributed by atoms with Gasteiger partial charge in [-0.1, -0.05) is 54.3 Å². The minimum absolute atomic E-state index is 0.0792. The molecule has 0 radical (unpaired) electrons. The van der Waals surface area contributed by atoms with Crippen LogP contribution in [0.5, 0.6) is 0 Å². The molecule has 1 saturated heterocycles. The van der Waals surface area contributed by atoms with Crippen LogP contribution in [0.1, 0.15) is 11.1 Å². The summed E-state index contributed by atoms with van der Waals surface area (Å²) in [4.78, 5) is 25.0. The molecule has 0 bridgehead atoms. The summed E-state index contributed by atoms with van der Waals surface area (Å²) in [5.41, 5.74) is 2.32. The number of amides is 1. The van der Waals surface area contributed by atoms with Crippen molar-refractivity contribution in [2.24, 2.45) is 0 Å². The zero-order valence-electron chi connectivity index (χ0n) is 12.6. The maximum Gasteiger partial charge on any atom is 0.271 e. The number of rotatable bonds is 3. The molecule has 7 heteroatoms. The van der Waals surface area contributed by atoms with Crippen molar-refractivity contribution in [2.75, 3.05) is 4.90 Å². The first-order valence-electron chi connectivity index (χ1n) is 7.05. The van der Waals surface area contributed by atoms with Gasteiger partial charge in [-0.15, -0.1) is 0 Å². The molecule has 2 aromatic carbocycles. The fraction of sp³-hybridized carbons (Fsp3) is 0.0588. The molecule has 0 unspecified atom stereocenters. The third kappa shape index (κ3) is 3.08. The van der Waals surface area contributed by atoms with Gasteiger partial charge in [0, 0.05) is 12.1 Å². The highest BCUT2D eigenvalue weighted by atomic mass is 32.2. The zero-order valence-corrected chi connectivity index (χ0v) is 14.3. The number of thiocarbonyl (C=S) groups is 1. The van der Waals surface area contributed by atoms with Gasteiger partial charge >= 0.3 is 0 Å². The minimum atomic E-state index is -0.496. The second-order valence-electron chi connectivity index (χ2n) is 5.15. The lowest BCUT2D eigenvalue weighted by molar-refractivity contribution is -0.384. The first-order chi connectivity index (χ1) is 11.5. The monoisotopic (exact) mass is 356 g/mol. The van der Waals surface area contributed by atoms with Crippen LogP contribution in [0.15, 0.2) is 53.4 Å². The first-order valence-corrected chi connectivity index (χ1v) is 8.28. The fourth-order valence-corrected chi connectivity index (χ4v) is 3.62. The highest BCUT2D eigenvalue weighted by Crippen LogP contribution is 2.37. The Bertz CT molecular complexity index is 893. The number of nitro benzene ring substituents is 1. The molecule has 3 rings (SSSR count). The Morgan fingerprint density at radius 3 is 2.67 bits per heavy atom. The Hall–Kier alpha value is -2.51. The number of nitro groups is 1. The smallest absolute Gasteiger partial charge is 0.268 e. The van der Waals surface area contributed by atoms with Crippen molar-refractivity contribution in [1.82, 2.24) is 0 Å². The number of nitrogens with zero attached hydrogens (tertiary/aromatic N) is 2. The summed E-state index contributed by atoms with van der Waals surface area (Å²) >= 11 is 6.49. The highest BCUT2D eigenvalue weighted by molar-refractivity contribution is 8.27. The number of anilines is 1. The number of non-ortho nitro benzene ring substituents is 1. The molecule has 2 aromatic rings. The summed E-state index contributed by atoms with van der Waals surface area (Å²) in [5.74, 6) is -0.270. The molecule has 1 amide bonds. The van der Waals surface area contributed by atoms with E-state index in [9.17, 15) is 14.9 Å². The summed E-state index contributed by atoms with van der Waals surface area (Å²) < 4.78 is 0.361. The van der Waals surface area contributed by atoms with E-state index in [1.165, 1.54) is 34.9 Å². The van der Waals surface area contributed by atoms with Gasteiger partial charge in [0.25, 0.3) is 11.6 Å². The minimum Gasteiger partial charge on any atom is -0.268 e. The molecular formula is C17H12N2O3S2. The SMILES string of the molecule is Cc1ccccc1/C=C1/SC(=S)N(c2cccc([N+](=O)[O-])c2)C1=O. The summed E-state index contributed by atoms with van der Waals surface area (Å²) in [6.07, 6.45) is 1.80. The molecular weight excluding hydrogens is 344 g/mol. The van der Waals surface area contributed by atoms with E-state index in [1.807, 2.05) is 31.2 Å². The Kier molecular flexibility index (Phi) is 4.46. The van der Waals surface area contributed by atoms with Crippen molar-refractivity contribution >= 4 is 51.7 Å². The molecule has 1 aliphatic rings. The third-order valence-electron chi connectivity index (χ3n) is 3.57. The predicted molar refractivity (Wildman–Crippen MR) is 99.9 cm³/mol. The Morgan fingerprint density at radius 2 is 1.96 bits per heavy atom. The van der Waals surface area contributed by atoms with Gasteiger partial charge in [0.2, 0.25) is 0 Å². The average Bonchev–Trinajstić information content (AvgIpc) is 2.83. The van der Waals surface area contributed by atoms with Crippen molar-refractivity contribution in [1.29, 1.82) is 0 Å². The van der Waals surface area contributed by atoms with Gasteiger partial charge in [0.1, 0.15) is 0 Å². The molecule has 0 aromatic heterocycles. The van der Waals surface area contributed by atoms with Gasteiger partial charge in [-0.05, 0) is 30.2 Å². The van der Waals surface area contributed by atoms with Crippen molar-refractivity contribution in [2.45, 2.75) is 6.92 Å². The van der Waals surface area contributed by atoms with E-state index in [0.717, 1.165) is 11.1 Å². The van der Waals surface area contributed by atoms with Crippen LogP contribution in [-0.2, 0) is 4.79 Å². The standard InChI is InChI=1S/C17H12N2O3S2/c1-11-5-2-3-6-12(11)9-15-16(20)18(17(23)24-15)13-7-4-8-14(10-13)19(21)22/h2-10H,1H3/b15-9+. The first kappa shape index (κ1) is 16.4. The maximum atomic E-state index is 12.7. The molecule has 0 spiro atoms. The van der Waals surface area contributed by atoms with Crippen LogP contribution < -0.4 is 4.90 Å². The Morgan fingerprint density at radius 1 is 1.21 bits per heavy atom. The van der Waals surface area contributed by atoms with Crippen molar-refractivity contribution in [3.63, 3.8) is 0 Å². The predicted octanol–water partition coefficient (Wildman–Crippen LogP) is 4.31. The van der Waals surface area contributed by atoms with E-state index >= 15 is 0 Å². The summed E-state index contributed by atoms with van der Waals surface area (Å²) in [6.45, 7) is 1.97. The van der Waals surface area contributed by atoms with Crippen LogP contribution in [0.3, 0.4) is 0 Å². The third-order valence-corrected chi connectivity index (χ3v) is 4.87. The van der Waals surface area contributed by atoms with Gasteiger partial charge < -0.3 is 0 Å². The fourth-order valence-electron chi connectivity index (χ4n) is 2.33. The molecule has 1 fully saturated rings. The van der Waals surface area contributed by atoms with Gasteiger partial charge in [-0.3, -0.25) is 19.8 Å². The molecule has 0 atom stereocenters. The van der Waals surface area contributed by atoms with Gasteiger partial charge in [-0.2, -0.15) is 0 Å². The number of carbonyl (C=O) groups is 1. The van der Waals surface area contributed by atoms with E-state index in [4.69, 9.17) is 12.2 Å². The summed E-state index contributed by atoms with van der Waals surface area (Å²) in [5, 5.41) is 10.9. The van der Waals surface area contributed by atoms with E-state index in [1.54, 1.807) is 12.1 Å².